The summed E-state index contributed by atoms with van der Waals surface area (Å²) in [5.41, 5.74) is 4.76. The minimum absolute atomic E-state index is 0.604. The summed E-state index contributed by atoms with van der Waals surface area (Å²) < 4.78 is 5.30. The molecule has 1 aromatic carbocycles. The Balaban J connectivity index is 1.95. The van der Waals surface area contributed by atoms with E-state index in [9.17, 15) is 0 Å². The number of benzene rings is 1. The Kier molecular flexibility index (Phi) is 2.86. The van der Waals surface area contributed by atoms with Gasteiger partial charge in [0.15, 0.2) is 0 Å². The van der Waals surface area contributed by atoms with Crippen molar-refractivity contribution < 1.29 is 4.52 Å². The molecule has 0 unspecified atom stereocenters. The number of aryl methyl sites for hydroxylation is 2. The Morgan fingerprint density at radius 2 is 2.14 bits per heavy atom. The highest BCUT2D eigenvalue weighted by molar-refractivity contribution is 5.69. The maximum Gasteiger partial charge on any atom is 0.141 e. The number of aromatic nitrogens is 1. The first-order chi connectivity index (χ1) is 10.2. The molecule has 1 saturated heterocycles. The summed E-state index contributed by atoms with van der Waals surface area (Å²) in [5, 5.41) is 13.6. The zero-order valence-electron chi connectivity index (χ0n) is 12.4. The highest BCUT2D eigenvalue weighted by Crippen LogP contribution is 2.25. The lowest BCUT2D eigenvalue weighted by molar-refractivity contribution is 0.393. The molecular weight excluding hydrogens is 262 g/mol. The molecule has 2 aromatic rings. The standard InChI is InChI=1S/C17H19N3O/c1-10-17(11(2)21-20-10)12-3-4-15-13(5-12)6-18-7-14-8-19-9-16(14)15/h3-6,14,18-19H,7-9H2,1-2H3/t14-/m1/s1. The maximum absolute atomic E-state index is 5.30. The largest absolute Gasteiger partial charge is 0.390 e. The van der Waals surface area contributed by atoms with Gasteiger partial charge in [0.2, 0.25) is 0 Å². The summed E-state index contributed by atoms with van der Waals surface area (Å²) in [4.78, 5) is 0. The van der Waals surface area contributed by atoms with Crippen LogP contribution in [-0.4, -0.2) is 24.8 Å². The third-order valence-corrected chi connectivity index (χ3v) is 4.54. The van der Waals surface area contributed by atoms with E-state index in [0.717, 1.165) is 36.7 Å². The topological polar surface area (TPSA) is 50.1 Å². The summed E-state index contributed by atoms with van der Waals surface area (Å²) in [5.74, 6) is 1.48. The van der Waals surface area contributed by atoms with Crippen molar-refractivity contribution in [2.75, 3.05) is 19.6 Å². The summed E-state index contributed by atoms with van der Waals surface area (Å²) >= 11 is 0. The van der Waals surface area contributed by atoms with Gasteiger partial charge in [0.1, 0.15) is 5.76 Å². The van der Waals surface area contributed by atoms with Crippen molar-refractivity contribution in [3.8, 4) is 11.1 Å². The van der Waals surface area contributed by atoms with E-state index in [1.807, 2.05) is 13.8 Å². The summed E-state index contributed by atoms with van der Waals surface area (Å²) in [6.45, 7) is 7.04. The van der Waals surface area contributed by atoms with Gasteiger partial charge < -0.3 is 15.2 Å². The van der Waals surface area contributed by atoms with Crippen LogP contribution in [0.3, 0.4) is 0 Å². The van der Waals surface area contributed by atoms with Crippen LogP contribution >= 0.6 is 0 Å². The molecule has 1 atom stereocenters. The van der Waals surface area contributed by atoms with Crippen molar-refractivity contribution >= 4 is 11.8 Å². The Hall–Kier alpha value is -2.07. The lowest BCUT2D eigenvalue weighted by Gasteiger charge is -2.08. The molecule has 4 nitrogen and oxygen atoms in total. The zero-order chi connectivity index (χ0) is 14.4. The van der Waals surface area contributed by atoms with Crippen LogP contribution in [0.25, 0.3) is 22.9 Å². The Labute approximate surface area is 123 Å². The molecule has 108 valence electrons. The number of hydrogen-bond donors (Lipinski definition) is 2. The quantitative estimate of drug-likeness (QED) is 0.807. The molecule has 2 N–H and O–H groups in total. The predicted octanol–water partition coefficient (Wildman–Crippen LogP) is 0.670. The summed E-state index contributed by atoms with van der Waals surface area (Å²) in [6.07, 6.45) is 2.14. The first-order valence-corrected chi connectivity index (χ1v) is 7.45. The van der Waals surface area contributed by atoms with Crippen molar-refractivity contribution in [1.29, 1.82) is 0 Å². The molecule has 0 spiro atoms. The third kappa shape index (κ3) is 1.98. The van der Waals surface area contributed by atoms with Crippen molar-refractivity contribution in [3.63, 3.8) is 0 Å². The van der Waals surface area contributed by atoms with E-state index >= 15 is 0 Å². The van der Waals surface area contributed by atoms with Crippen LogP contribution in [0.5, 0.6) is 0 Å². The Bertz CT molecular complexity index is 800. The second kappa shape index (κ2) is 4.74. The number of rotatable bonds is 1. The summed E-state index contributed by atoms with van der Waals surface area (Å²) in [7, 11) is 0. The summed E-state index contributed by atoms with van der Waals surface area (Å²) in [6, 6.07) is 6.67. The molecule has 0 radical (unpaired) electrons. The fourth-order valence-electron chi connectivity index (χ4n) is 3.50. The lowest BCUT2D eigenvalue weighted by Crippen LogP contribution is -2.28. The van der Waals surface area contributed by atoms with E-state index in [1.165, 1.54) is 21.6 Å². The molecule has 4 heteroatoms. The van der Waals surface area contributed by atoms with Crippen LogP contribution in [-0.2, 0) is 0 Å². The van der Waals surface area contributed by atoms with Crippen LogP contribution in [0, 0.1) is 19.8 Å². The molecule has 1 aromatic heterocycles. The van der Waals surface area contributed by atoms with E-state index in [0.29, 0.717) is 5.92 Å². The smallest absolute Gasteiger partial charge is 0.141 e. The molecule has 21 heavy (non-hydrogen) atoms. The van der Waals surface area contributed by atoms with Crippen LogP contribution in [0.15, 0.2) is 22.7 Å². The lowest BCUT2D eigenvalue weighted by atomic mass is 9.97. The van der Waals surface area contributed by atoms with Crippen molar-refractivity contribution in [2.45, 2.75) is 13.8 Å². The van der Waals surface area contributed by atoms with Crippen LogP contribution in [0.2, 0.25) is 0 Å². The predicted molar refractivity (Wildman–Crippen MR) is 82.9 cm³/mol. The second-order valence-corrected chi connectivity index (χ2v) is 5.91. The molecule has 0 aliphatic carbocycles. The SMILES string of the molecule is Cc1noc(C)c1-c1ccc2c(c1)=CNC[C@@H]1CNCC=21. The van der Waals surface area contributed by atoms with Crippen molar-refractivity contribution in [2.24, 2.45) is 5.92 Å². The molecule has 2 aliphatic rings. The second-order valence-electron chi connectivity index (χ2n) is 5.91. The van der Waals surface area contributed by atoms with Gasteiger partial charge >= 0.3 is 0 Å². The minimum Gasteiger partial charge on any atom is -0.390 e. The van der Waals surface area contributed by atoms with Crippen molar-refractivity contribution in [1.82, 2.24) is 15.8 Å². The van der Waals surface area contributed by atoms with Gasteiger partial charge in [-0.1, -0.05) is 17.3 Å². The van der Waals surface area contributed by atoms with E-state index in [-0.39, 0.29) is 0 Å². The van der Waals surface area contributed by atoms with Gasteiger partial charge in [-0.05, 0) is 41.5 Å². The number of nitrogens with zero attached hydrogens (tertiary/aromatic N) is 1. The Morgan fingerprint density at radius 3 is 2.95 bits per heavy atom. The number of nitrogens with one attached hydrogen (secondary N) is 2. The number of hydrogen-bond acceptors (Lipinski definition) is 4. The molecule has 4 rings (SSSR count). The molecule has 1 fully saturated rings. The molecule has 0 saturated carbocycles. The van der Waals surface area contributed by atoms with Gasteiger partial charge in [-0.15, -0.1) is 0 Å². The van der Waals surface area contributed by atoms with Gasteiger partial charge in [-0.25, -0.2) is 0 Å². The molecular formula is C17H19N3O. The average molecular weight is 281 g/mol. The normalized spacial score (nSPS) is 20.3. The van der Waals surface area contributed by atoms with Gasteiger partial charge in [-0.3, -0.25) is 0 Å². The minimum atomic E-state index is 0.604. The van der Waals surface area contributed by atoms with Gasteiger partial charge in [-0.2, -0.15) is 0 Å². The number of fused-ring (bicyclic) bond motifs is 2. The van der Waals surface area contributed by atoms with E-state index in [4.69, 9.17) is 4.52 Å². The van der Waals surface area contributed by atoms with E-state index in [2.05, 4.69) is 40.2 Å². The Morgan fingerprint density at radius 1 is 1.24 bits per heavy atom. The van der Waals surface area contributed by atoms with Gasteiger partial charge in [0.05, 0.1) is 5.69 Å². The first kappa shape index (κ1) is 12.7. The average Bonchev–Trinajstić information content (AvgIpc) is 3.02. The maximum atomic E-state index is 5.30. The van der Waals surface area contributed by atoms with Crippen LogP contribution in [0.4, 0.5) is 0 Å². The van der Waals surface area contributed by atoms with Crippen LogP contribution < -0.4 is 21.1 Å². The fourth-order valence-corrected chi connectivity index (χ4v) is 3.50. The monoisotopic (exact) mass is 281 g/mol. The highest BCUT2D eigenvalue weighted by atomic mass is 16.5. The first-order valence-electron chi connectivity index (χ1n) is 7.45. The molecule has 3 heterocycles. The molecule has 0 amide bonds. The zero-order valence-corrected chi connectivity index (χ0v) is 12.4. The van der Waals surface area contributed by atoms with Crippen LogP contribution in [0.1, 0.15) is 11.5 Å². The highest BCUT2D eigenvalue weighted by Gasteiger charge is 2.22. The third-order valence-electron chi connectivity index (χ3n) is 4.54. The van der Waals surface area contributed by atoms with Gasteiger partial charge in [0, 0.05) is 37.3 Å². The molecule has 2 aliphatic heterocycles. The fraction of sp³-hybridized carbons (Fsp3) is 0.353. The van der Waals surface area contributed by atoms with E-state index in [1.54, 1.807) is 0 Å². The van der Waals surface area contributed by atoms with E-state index < -0.39 is 0 Å². The van der Waals surface area contributed by atoms with Gasteiger partial charge in [0.25, 0.3) is 0 Å². The molecule has 0 bridgehead atoms. The van der Waals surface area contributed by atoms with Crippen molar-refractivity contribution in [3.05, 3.63) is 40.1 Å².